The van der Waals surface area contributed by atoms with E-state index < -0.39 is 5.82 Å². The Labute approximate surface area is 223 Å². The molecule has 10 nitrogen and oxygen atoms in total. The smallest absolute Gasteiger partial charge is 0.229 e. The van der Waals surface area contributed by atoms with E-state index in [2.05, 4.69) is 30.5 Å². The van der Waals surface area contributed by atoms with Crippen LogP contribution in [-0.4, -0.2) is 70.8 Å². The van der Waals surface area contributed by atoms with Crippen LogP contribution < -0.4 is 20.1 Å². The van der Waals surface area contributed by atoms with Crippen LogP contribution >= 0.6 is 11.3 Å². The molecule has 2 aromatic carbocycles. The lowest BCUT2D eigenvalue weighted by atomic mass is 10.2. The number of fused-ring (bicyclic) bond motifs is 1. The number of thiazole rings is 1. The average molecular weight is 541 g/mol. The SMILES string of the molecule is CCN(CCO)CCOc1cc2ncnc(Nc3ncc(CC(=O)Nc4cccc(F)c4)s3)c2cc1OC. The van der Waals surface area contributed by atoms with E-state index in [0.29, 0.717) is 58.7 Å². The fourth-order valence-electron chi connectivity index (χ4n) is 3.77. The number of aliphatic hydroxyl groups is 1. The number of aliphatic hydroxyl groups excluding tert-OH is 1. The predicted octanol–water partition coefficient (Wildman–Crippen LogP) is 3.85. The molecule has 200 valence electrons. The first-order valence-corrected chi connectivity index (χ1v) is 12.9. The van der Waals surface area contributed by atoms with Crippen molar-refractivity contribution in [3.63, 3.8) is 0 Å². The third-order valence-corrected chi connectivity index (χ3v) is 6.58. The number of nitrogens with zero attached hydrogens (tertiary/aromatic N) is 4. The van der Waals surface area contributed by atoms with Crippen LogP contribution in [0.3, 0.4) is 0 Å². The van der Waals surface area contributed by atoms with Crippen molar-refractivity contribution < 1.29 is 23.8 Å². The molecule has 0 unspecified atom stereocenters. The van der Waals surface area contributed by atoms with Gasteiger partial charge >= 0.3 is 0 Å². The molecule has 0 saturated carbocycles. The number of rotatable bonds is 13. The molecule has 0 aliphatic carbocycles. The summed E-state index contributed by atoms with van der Waals surface area (Å²) in [5.41, 5.74) is 1.06. The molecule has 2 heterocycles. The van der Waals surface area contributed by atoms with E-state index in [-0.39, 0.29) is 18.9 Å². The highest BCUT2D eigenvalue weighted by Crippen LogP contribution is 2.35. The molecule has 0 bridgehead atoms. The number of aromatic nitrogens is 3. The number of hydrogen-bond acceptors (Lipinski definition) is 10. The van der Waals surface area contributed by atoms with Crippen molar-refractivity contribution >= 4 is 44.8 Å². The quantitative estimate of drug-likeness (QED) is 0.232. The molecular weight excluding hydrogens is 511 g/mol. The summed E-state index contributed by atoms with van der Waals surface area (Å²) in [7, 11) is 1.57. The topological polar surface area (TPSA) is 122 Å². The third kappa shape index (κ3) is 7.12. The average Bonchev–Trinajstić information content (AvgIpc) is 3.34. The van der Waals surface area contributed by atoms with Crippen LogP contribution in [0.15, 0.2) is 48.9 Å². The van der Waals surface area contributed by atoms with Crippen molar-refractivity contribution in [3.05, 3.63) is 59.6 Å². The first-order chi connectivity index (χ1) is 18.5. The van der Waals surface area contributed by atoms with Gasteiger partial charge in [0.15, 0.2) is 16.6 Å². The first kappa shape index (κ1) is 27.2. The highest BCUT2D eigenvalue weighted by Gasteiger charge is 2.14. The van der Waals surface area contributed by atoms with Gasteiger partial charge < -0.3 is 25.2 Å². The van der Waals surface area contributed by atoms with Crippen LogP contribution in [0, 0.1) is 5.82 Å². The minimum Gasteiger partial charge on any atom is -0.493 e. The number of carbonyl (C=O) groups excluding carboxylic acids is 1. The Kier molecular flexibility index (Phi) is 9.35. The monoisotopic (exact) mass is 540 g/mol. The Morgan fingerprint density at radius 1 is 1.16 bits per heavy atom. The number of benzene rings is 2. The standard InChI is InChI=1S/C26H29FN6O4S/c1-3-33(7-9-34)8-10-37-23-14-21-20(13-22(23)36-2)25(30-16-29-21)32-26-28-15-19(38-26)12-24(35)31-18-6-4-5-17(27)11-18/h4-6,11,13-16,34H,3,7-10,12H2,1-2H3,(H,31,35)(H,28,29,30,32). The number of amides is 1. The van der Waals surface area contributed by atoms with E-state index in [9.17, 15) is 9.18 Å². The minimum absolute atomic E-state index is 0.0997. The van der Waals surface area contributed by atoms with E-state index in [0.717, 1.165) is 11.4 Å². The van der Waals surface area contributed by atoms with Gasteiger partial charge in [-0.25, -0.2) is 19.3 Å². The molecule has 4 rings (SSSR count). The lowest BCUT2D eigenvalue weighted by Gasteiger charge is -2.20. The number of anilines is 3. The zero-order valence-electron chi connectivity index (χ0n) is 21.1. The number of methoxy groups -OCH3 is 1. The molecule has 0 fully saturated rings. The fraction of sp³-hybridized carbons (Fsp3) is 0.308. The Morgan fingerprint density at radius 3 is 2.79 bits per heavy atom. The van der Waals surface area contributed by atoms with E-state index in [1.807, 2.05) is 6.92 Å². The minimum atomic E-state index is -0.416. The molecule has 4 aromatic rings. The molecule has 3 N–H and O–H groups in total. The zero-order chi connectivity index (χ0) is 26.9. The number of likely N-dealkylation sites (N-methyl/N-ethyl adjacent to an activating group) is 1. The van der Waals surface area contributed by atoms with E-state index in [1.54, 1.807) is 31.5 Å². The van der Waals surface area contributed by atoms with Gasteiger partial charge in [-0.3, -0.25) is 9.69 Å². The van der Waals surface area contributed by atoms with Crippen LogP contribution in [0.5, 0.6) is 11.5 Å². The van der Waals surface area contributed by atoms with Gasteiger partial charge in [0, 0.05) is 41.3 Å². The van der Waals surface area contributed by atoms with Crippen molar-refractivity contribution in [3.8, 4) is 11.5 Å². The van der Waals surface area contributed by atoms with E-state index in [1.165, 1.54) is 35.9 Å². The lowest BCUT2D eigenvalue weighted by molar-refractivity contribution is -0.115. The summed E-state index contributed by atoms with van der Waals surface area (Å²) >= 11 is 1.32. The van der Waals surface area contributed by atoms with Crippen LogP contribution in [0.1, 0.15) is 11.8 Å². The molecular formula is C26H29FN6O4S. The van der Waals surface area contributed by atoms with Gasteiger partial charge in [-0.1, -0.05) is 13.0 Å². The number of halogens is 1. The van der Waals surface area contributed by atoms with Gasteiger partial charge in [0.25, 0.3) is 0 Å². The Balaban J connectivity index is 1.44. The second-order valence-electron chi connectivity index (χ2n) is 8.24. The van der Waals surface area contributed by atoms with Gasteiger partial charge in [0.2, 0.25) is 5.91 Å². The summed E-state index contributed by atoms with van der Waals surface area (Å²) in [5.74, 6) is 0.944. The molecule has 0 spiro atoms. The second-order valence-corrected chi connectivity index (χ2v) is 9.36. The maximum atomic E-state index is 13.4. The number of ether oxygens (including phenoxy) is 2. The molecule has 0 aliphatic rings. The van der Waals surface area contributed by atoms with Crippen LogP contribution in [-0.2, 0) is 11.2 Å². The zero-order valence-corrected chi connectivity index (χ0v) is 21.9. The summed E-state index contributed by atoms with van der Waals surface area (Å²) in [6, 6.07) is 9.35. The number of hydrogen-bond donors (Lipinski definition) is 3. The first-order valence-electron chi connectivity index (χ1n) is 12.0. The Morgan fingerprint density at radius 2 is 2.03 bits per heavy atom. The molecule has 12 heteroatoms. The van der Waals surface area contributed by atoms with Crippen molar-refractivity contribution in [2.75, 3.05) is 50.6 Å². The maximum absolute atomic E-state index is 13.4. The van der Waals surface area contributed by atoms with Gasteiger partial charge in [0.1, 0.15) is 24.6 Å². The molecule has 2 aromatic heterocycles. The second kappa shape index (κ2) is 13.1. The van der Waals surface area contributed by atoms with Crippen molar-refractivity contribution in [2.45, 2.75) is 13.3 Å². The third-order valence-electron chi connectivity index (χ3n) is 5.67. The van der Waals surface area contributed by atoms with Crippen molar-refractivity contribution in [2.24, 2.45) is 0 Å². The van der Waals surface area contributed by atoms with Crippen molar-refractivity contribution in [1.82, 2.24) is 19.9 Å². The van der Waals surface area contributed by atoms with Crippen LogP contribution in [0.2, 0.25) is 0 Å². The summed E-state index contributed by atoms with van der Waals surface area (Å²) in [5, 5.41) is 16.3. The normalized spacial score (nSPS) is 11.1. The highest BCUT2D eigenvalue weighted by molar-refractivity contribution is 7.15. The maximum Gasteiger partial charge on any atom is 0.229 e. The van der Waals surface area contributed by atoms with Crippen LogP contribution in [0.25, 0.3) is 10.9 Å². The number of carbonyl (C=O) groups is 1. The number of nitrogens with one attached hydrogen (secondary N) is 2. The van der Waals surface area contributed by atoms with Gasteiger partial charge in [-0.05, 0) is 30.8 Å². The summed E-state index contributed by atoms with van der Waals surface area (Å²) in [4.78, 5) is 28.3. The highest BCUT2D eigenvalue weighted by atomic mass is 32.1. The van der Waals surface area contributed by atoms with Crippen LogP contribution in [0.4, 0.5) is 21.0 Å². The molecule has 0 atom stereocenters. The molecule has 0 saturated heterocycles. The fourth-order valence-corrected chi connectivity index (χ4v) is 4.58. The van der Waals surface area contributed by atoms with Crippen molar-refractivity contribution in [1.29, 1.82) is 0 Å². The molecule has 1 amide bonds. The van der Waals surface area contributed by atoms with E-state index in [4.69, 9.17) is 14.6 Å². The van der Waals surface area contributed by atoms with E-state index >= 15 is 0 Å². The Bertz CT molecular complexity index is 1390. The van der Waals surface area contributed by atoms with Gasteiger partial charge in [-0.2, -0.15) is 0 Å². The van der Waals surface area contributed by atoms with Gasteiger partial charge in [0.05, 0.1) is 25.7 Å². The summed E-state index contributed by atoms with van der Waals surface area (Å²) in [6.45, 7) is 4.64. The largest absolute Gasteiger partial charge is 0.493 e. The predicted molar refractivity (Wildman–Crippen MR) is 145 cm³/mol. The lowest BCUT2D eigenvalue weighted by Crippen LogP contribution is -2.30. The molecule has 38 heavy (non-hydrogen) atoms. The van der Waals surface area contributed by atoms with Gasteiger partial charge in [-0.15, -0.1) is 11.3 Å². The summed E-state index contributed by atoms with van der Waals surface area (Å²) in [6.07, 6.45) is 3.16. The molecule has 0 aliphatic heterocycles. The summed E-state index contributed by atoms with van der Waals surface area (Å²) < 4.78 is 24.9. The molecule has 0 radical (unpaired) electrons. The Hall–Kier alpha value is -3.87.